The Kier molecular flexibility index (Phi) is 4.37. The second-order valence-corrected chi connectivity index (χ2v) is 6.03. The van der Waals surface area contributed by atoms with Gasteiger partial charge < -0.3 is 15.6 Å². The van der Waals surface area contributed by atoms with Crippen molar-refractivity contribution in [2.75, 3.05) is 0 Å². The molecule has 104 valence electrons. The van der Waals surface area contributed by atoms with Crippen LogP contribution in [0.4, 0.5) is 0 Å². The van der Waals surface area contributed by atoms with E-state index in [1.807, 2.05) is 0 Å². The maximum Gasteiger partial charge on any atom is 0.324 e. The van der Waals surface area contributed by atoms with Gasteiger partial charge in [0.25, 0.3) is 0 Å². The fourth-order valence-electron chi connectivity index (χ4n) is 2.33. The van der Waals surface area contributed by atoms with Gasteiger partial charge in [-0.3, -0.25) is 9.59 Å². The largest absolute Gasteiger partial charge is 0.480 e. The molecule has 0 bridgehead atoms. The number of carbonyl (C=O) groups is 2. The molecule has 1 fully saturated rings. The quantitative estimate of drug-likeness (QED) is 0.580. The molecule has 2 unspecified atom stereocenters. The zero-order valence-electron chi connectivity index (χ0n) is 11.4. The van der Waals surface area contributed by atoms with Gasteiger partial charge in [-0.05, 0) is 33.6 Å². The molecule has 0 heterocycles. The Labute approximate surface area is 108 Å². The number of rotatable bonds is 2. The van der Waals surface area contributed by atoms with Gasteiger partial charge in [-0.25, -0.2) is 0 Å². The van der Waals surface area contributed by atoms with Crippen LogP contribution in [-0.4, -0.2) is 28.2 Å². The van der Waals surface area contributed by atoms with Gasteiger partial charge in [0.1, 0.15) is 11.1 Å². The molecular formula is C13H23NO4. The lowest BCUT2D eigenvalue weighted by molar-refractivity contribution is -0.168. The molecule has 0 aromatic carbocycles. The molecule has 1 rings (SSSR count). The van der Waals surface area contributed by atoms with Crippen LogP contribution in [0.15, 0.2) is 0 Å². The summed E-state index contributed by atoms with van der Waals surface area (Å²) in [7, 11) is 0. The Balaban J connectivity index is 2.93. The molecule has 0 amide bonds. The monoisotopic (exact) mass is 257 g/mol. The van der Waals surface area contributed by atoms with E-state index < -0.39 is 29.0 Å². The van der Waals surface area contributed by atoms with E-state index in [9.17, 15) is 14.7 Å². The summed E-state index contributed by atoms with van der Waals surface area (Å²) in [5.41, 5.74) is 3.86. The van der Waals surface area contributed by atoms with Crippen LogP contribution in [-0.2, 0) is 14.3 Å². The first kappa shape index (κ1) is 15.0. The molecule has 3 N–H and O–H groups in total. The predicted molar refractivity (Wildman–Crippen MR) is 67.0 cm³/mol. The summed E-state index contributed by atoms with van der Waals surface area (Å²) in [5.74, 6) is -2.36. The molecule has 5 nitrogen and oxygen atoms in total. The van der Waals surface area contributed by atoms with Crippen LogP contribution >= 0.6 is 0 Å². The van der Waals surface area contributed by atoms with E-state index in [0.29, 0.717) is 12.8 Å². The SMILES string of the molecule is CC(C)(C)OC(=O)C1CCCCCC1(N)C(=O)O. The highest BCUT2D eigenvalue weighted by Crippen LogP contribution is 2.33. The summed E-state index contributed by atoms with van der Waals surface area (Å²) in [5, 5.41) is 9.31. The average molecular weight is 257 g/mol. The summed E-state index contributed by atoms with van der Waals surface area (Å²) >= 11 is 0. The normalized spacial score (nSPS) is 29.4. The third-order valence-electron chi connectivity index (χ3n) is 3.29. The van der Waals surface area contributed by atoms with Crippen molar-refractivity contribution in [1.29, 1.82) is 0 Å². The third kappa shape index (κ3) is 3.45. The molecule has 1 aliphatic rings. The number of nitrogens with two attached hydrogens (primary N) is 1. The second kappa shape index (κ2) is 5.26. The number of carboxylic acids is 1. The maximum absolute atomic E-state index is 12.1. The summed E-state index contributed by atoms with van der Waals surface area (Å²) in [6.45, 7) is 5.29. The third-order valence-corrected chi connectivity index (χ3v) is 3.29. The van der Waals surface area contributed by atoms with Gasteiger partial charge in [0.15, 0.2) is 0 Å². The van der Waals surface area contributed by atoms with E-state index in [4.69, 9.17) is 10.5 Å². The Morgan fingerprint density at radius 2 is 1.89 bits per heavy atom. The molecule has 0 aromatic heterocycles. The number of ether oxygens (including phenoxy) is 1. The van der Waals surface area contributed by atoms with Crippen molar-refractivity contribution in [2.45, 2.75) is 64.0 Å². The number of carbonyl (C=O) groups excluding carboxylic acids is 1. The molecule has 18 heavy (non-hydrogen) atoms. The first-order valence-electron chi connectivity index (χ1n) is 6.42. The van der Waals surface area contributed by atoms with Crippen LogP contribution < -0.4 is 5.73 Å². The van der Waals surface area contributed by atoms with E-state index in [1.54, 1.807) is 20.8 Å². The Bertz CT molecular complexity index is 334. The van der Waals surface area contributed by atoms with Crippen LogP contribution in [0.5, 0.6) is 0 Å². The molecule has 5 heteroatoms. The van der Waals surface area contributed by atoms with E-state index in [-0.39, 0.29) is 0 Å². The highest BCUT2D eigenvalue weighted by molar-refractivity contribution is 5.87. The van der Waals surface area contributed by atoms with Crippen molar-refractivity contribution in [3.8, 4) is 0 Å². The van der Waals surface area contributed by atoms with Crippen molar-refractivity contribution in [2.24, 2.45) is 11.7 Å². The van der Waals surface area contributed by atoms with Gasteiger partial charge in [0.2, 0.25) is 0 Å². The second-order valence-electron chi connectivity index (χ2n) is 6.03. The zero-order chi connectivity index (χ0) is 14.0. The molecular weight excluding hydrogens is 234 g/mol. The topological polar surface area (TPSA) is 89.6 Å². The summed E-state index contributed by atoms with van der Waals surface area (Å²) < 4.78 is 5.30. The molecule has 0 aromatic rings. The van der Waals surface area contributed by atoms with Crippen LogP contribution in [0.2, 0.25) is 0 Å². The Morgan fingerprint density at radius 1 is 1.28 bits per heavy atom. The minimum Gasteiger partial charge on any atom is -0.480 e. The van der Waals surface area contributed by atoms with Crippen molar-refractivity contribution < 1.29 is 19.4 Å². The summed E-state index contributed by atoms with van der Waals surface area (Å²) in [6, 6.07) is 0. The molecule has 0 aliphatic heterocycles. The molecule has 1 saturated carbocycles. The molecule has 0 saturated heterocycles. The fourth-order valence-corrected chi connectivity index (χ4v) is 2.33. The summed E-state index contributed by atoms with van der Waals surface area (Å²) in [6.07, 6.45) is 3.27. The first-order chi connectivity index (χ1) is 8.17. The standard InChI is InChI=1S/C13H23NO4/c1-12(2,3)18-10(15)9-7-5-4-6-8-13(9,14)11(16)17/h9H,4-8,14H2,1-3H3,(H,16,17). The van der Waals surface area contributed by atoms with Crippen molar-refractivity contribution in [1.82, 2.24) is 0 Å². The molecule has 1 aliphatic carbocycles. The van der Waals surface area contributed by atoms with E-state index in [1.165, 1.54) is 0 Å². The van der Waals surface area contributed by atoms with E-state index in [0.717, 1.165) is 19.3 Å². The summed E-state index contributed by atoms with van der Waals surface area (Å²) in [4.78, 5) is 23.5. The predicted octanol–water partition coefficient (Wildman–Crippen LogP) is 1.69. The van der Waals surface area contributed by atoms with E-state index >= 15 is 0 Å². The lowest BCUT2D eigenvalue weighted by Gasteiger charge is -2.32. The van der Waals surface area contributed by atoms with Gasteiger partial charge in [-0.1, -0.05) is 19.3 Å². The average Bonchev–Trinajstić information content (AvgIpc) is 2.38. The van der Waals surface area contributed by atoms with E-state index in [2.05, 4.69) is 0 Å². The minimum atomic E-state index is -1.49. The number of hydrogen-bond acceptors (Lipinski definition) is 4. The first-order valence-corrected chi connectivity index (χ1v) is 6.42. The van der Waals surface area contributed by atoms with Crippen LogP contribution in [0, 0.1) is 5.92 Å². The van der Waals surface area contributed by atoms with Gasteiger partial charge in [-0.15, -0.1) is 0 Å². The van der Waals surface area contributed by atoms with Gasteiger partial charge in [-0.2, -0.15) is 0 Å². The van der Waals surface area contributed by atoms with Crippen LogP contribution in [0.25, 0.3) is 0 Å². The lowest BCUT2D eigenvalue weighted by atomic mass is 9.80. The van der Waals surface area contributed by atoms with Crippen molar-refractivity contribution in [3.05, 3.63) is 0 Å². The number of hydrogen-bond donors (Lipinski definition) is 2. The Hall–Kier alpha value is -1.10. The van der Waals surface area contributed by atoms with Crippen LogP contribution in [0.1, 0.15) is 52.9 Å². The van der Waals surface area contributed by atoms with Crippen molar-refractivity contribution in [3.63, 3.8) is 0 Å². The number of esters is 1. The molecule has 2 atom stereocenters. The highest BCUT2D eigenvalue weighted by Gasteiger charge is 2.48. The smallest absolute Gasteiger partial charge is 0.324 e. The molecule has 0 radical (unpaired) electrons. The lowest BCUT2D eigenvalue weighted by Crippen LogP contribution is -2.57. The van der Waals surface area contributed by atoms with Gasteiger partial charge in [0, 0.05) is 0 Å². The number of aliphatic carboxylic acids is 1. The van der Waals surface area contributed by atoms with Gasteiger partial charge in [0.05, 0.1) is 5.92 Å². The zero-order valence-corrected chi connectivity index (χ0v) is 11.4. The fraction of sp³-hybridized carbons (Fsp3) is 0.846. The van der Waals surface area contributed by atoms with Gasteiger partial charge >= 0.3 is 11.9 Å². The Morgan fingerprint density at radius 3 is 2.39 bits per heavy atom. The minimum absolute atomic E-state index is 0.326. The van der Waals surface area contributed by atoms with Crippen LogP contribution in [0.3, 0.4) is 0 Å². The highest BCUT2D eigenvalue weighted by atomic mass is 16.6. The maximum atomic E-state index is 12.1. The van der Waals surface area contributed by atoms with Crippen molar-refractivity contribution >= 4 is 11.9 Å². The molecule has 0 spiro atoms. The number of carboxylic acid groups (broad SMARTS) is 1.